The van der Waals surface area contributed by atoms with E-state index >= 15 is 0 Å². The van der Waals surface area contributed by atoms with Crippen LogP contribution in [-0.4, -0.2) is 40.0 Å². The topological polar surface area (TPSA) is 71.3 Å². The zero-order valence-electron chi connectivity index (χ0n) is 18.1. The third-order valence-corrected chi connectivity index (χ3v) is 6.33. The average molecular weight is 409 g/mol. The number of aryl methyl sites for hydroxylation is 2. The second-order valence-electron chi connectivity index (χ2n) is 8.30. The lowest BCUT2D eigenvalue weighted by Crippen LogP contribution is -2.48. The van der Waals surface area contributed by atoms with E-state index in [1.807, 2.05) is 32.2 Å². The number of aliphatic hydroxyl groups excluding tert-OH is 1. The van der Waals surface area contributed by atoms with E-state index in [1.54, 1.807) is 7.11 Å². The van der Waals surface area contributed by atoms with E-state index in [0.29, 0.717) is 6.04 Å². The van der Waals surface area contributed by atoms with Crippen LogP contribution in [0.1, 0.15) is 36.2 Å². The largest absolute Gasteiger partial charge is 0.496 e. The molecule has 0 bridgehead atoms. The quantitative estimate of drug-likeness (QED) is 0.561. The summed E-state index contributed by atoms with van der Waals surface area (Å²) in [5, 5.41) is 17.8. The van der Waals surface area contributed by atoms with Crippen molar-refractivity contribution >= 4 is 11.0 Å². The van der Waals surface area contributed by atoms with E-state index in [0.717, 1.165) is 60.5 Å². The summed E-state index contributed by atoms with van der Waals surface area (Å²) in [6, 6.07) is 14.9. The highest BCUT2D eigenvalue weighted by Crippen LogP contribution is 2.23. The van der Waals surface area contributed by atoms with Gasteiger partial charge in [-0.25, -0.2) is 4.98 Å². The third-order valence-electron chi connectivity index (χ3n) is 6.33. The van der Waals surface area contributed by atoms with Crippen LogP contribution >= 0.6 is 0 Å². The number of nitrogens with one attached hydrogen (secondary N) is 2. The highest BCUT2D eigenvalue weighted by atomic mass is 16.5. The number of rotatable bonds is 7. The van der Waals surface area contributed by atoms with Crippen molar-refractivity contribution in [3.63, 3.8) is 0 Å². The molecule has 0 amide bonds. The number of fused-ring (bicyclic) bond motifs is 1. The molecule has 0 saturated heterocycles. The molecule has 1 saturated carbocycles. The molecule has 30 heavy (non-hydrogen) atoms. The monoisotopic (exact) mass is 408 g/mol. The van der Waals surface area contributed by atoms with Gasteiger partial charge in [-0.3, -0.25) is 0 Å². The van der Waals surface area contributed by atoms with Crippen molar-refractivity contribution in [3.05, 3.63) is 59.4 Å². The summed E-state index contributed by atoms with van der Waals surface area (Å²) in [4.78, 5) is 4.62. The minimum atomic E-state index is -0.352. The Morgan fingerprint density at radius 2 is 1.97 bits per heavy atom. The SMILES string of the molecule is COc1ccccc1CN[C@@H]1CC[C@@H](NCc2ccc3c(c2)nc(C)n3C)[C@@H](O)C1. The van der Waals surface area contributed by atoms with Gasteiger partial charge in [-0.2, -0.15) is 0 Å². The molecule has 1 heterocycles. The van der Waals surface area contributed by atoms with Crippen molar-refractivity contribution in [1.29, 1.82) is 0 Å². The van der Waals surface area contributed by atoms with Crippen molar-refractivity contribution in [1.82, 2.24) is 20.2 Å². The molecule has 1 aliphatic carbocycles. The highest BCUT2D eigenvalue weighted by Gasteiger charge is 2.28. The number of para-hydroxylation sites is 1. The van der Waals surface area contributed by atoms with Gasteiger partial charge in [-0.15, -0.1) is 0 Å². The molecule has 6 heteroatoms. The molecule has 3 aromatic rings. The first-order chi connectivity index (χ1) is 14.5. The minimum absolute atomic E-state index is 0.121. The van der Waals surface area contributed by atoms with E-state index < -0.39 is 0 Å². The maximum Gasteiger partial charge on any atom is 0.123 e. The number of aliphatic hydroxyl groups is 1. The second kappa shape index (κ2) is 9.16. The van der Waals surface area contributed by atoms with Crippen molar-refractivity contribution in [2.75, 3.05) is 7.11 Å². The van der Waals surface area contributed by atoms with Gasteiger partial charge in [0.2, 0.25) is 0 Å². The molecule has 0 aliphatic heterocycles. The van der Waals surface area contributed by atoms with Gasteiger partial charge in [0, 0.05) is 37.8 Å². The lowest BCUT2D eigenvalue weighted by molar-refractivity contribution is 0.0741. The van der Waals surface area contributed by atoms with Gasteiger partial charge in [0.05, 0.1) is 24.2 Å². The summed E-state index contributed by atoms with van der Waals surface area (Å²) < 4.78 is 7.53. The fourth-order valence-corrected chi connectivity index (χ4v) is 4.40. The summed E-state index contributed by atoms with van der Waals surface area (Å²) in [5.74, 6) is 1.92. The zero-order valence-corrected chi connectivity index (χ0v) is 18.1. The fraction of sp³-hybridized carbons (Fsp3) is 0.458. The molecule has 4 rings (SSSR count). The molecular formula is C24H32N4O2. The number of nitrogens with zero attached hydrogens (tertiary/aromatic N) is 2. The molecule has 3 atom stereocenters. The van der Waals surface area contributed by atoms with Gasteiger partial charge >= 0.3 is 0 Å². The lowest BCUT2D eigenvalue weighted by atomic mass is 9.88. The molecule has 0 radical (unpaired) electrons. The average Bonchev–Trinajstić information content (AvgIpc) is 3.04. The summed E-state index contributed by atoms with van der Waals surface area (Å²) in [6.07, 6.45) is 2.40. The molecule has 2 aromatic carbocycles. The number of benzene rings is 2. The first-order valence-electron chi connectivity index (χ1n) is 10.7. The molecule has 3 N–H and O–H groups in total. The van der Waals surface area contributed by atoms with Gasteiger partial charge < -0.3 is 25.0 Å². The lowest BCUT2D eigenvalue weighted by Gasteiger charge is -2.34. The molecule has 1 aromatic heterocycles. The predicted molar refractivity (Wildman–Crippen MR) is 120 cm³/mol. The summed E-state index contributed by atoms with van der Waals surface area (Å²) in [5.41, 5.74) is 4.52. The van der Waals surface area contributed by atoms with Gasteiger partial charge in [-0.1, -0.05) is 24.3 Å². The van der Waals surface area contributed by atoms with Gasteiger partial charge in [0.25, 0.3) is 0 Å². The first kappa shape index (κ1) is 20.8. The summed E-state index contributed by atoms with van der Waals surface area (Å²) in [6.45, 7) is 3.52. The van der Waals surface area contributed by atoms with Gasteiger partial charge in [0.15, 0.2) is 0 Å². The Balaban J connectivity index is 1.28. The minimum Gasteiger partial charge on any atom is -0.496 e. The van der Waals surface area contributed by atoms with E-state index in [9.17, 15) is 5.11 Å². The van der Waals surface area contributed by atoms with Crippen LogP contribution in [-0.2, 0) is 20.1 Å². The Morgan fingerprint density at radius 3 is 2.77 bits per heavy atom. The van der Waals surface area contributed by atoms with Crippen LogP contribution in [0.4, 0.5) is 0 Å². The number of methoxy groups -OCH3 is 1. The third kappa shape index (κ3) is 4.51. The Hall–Kier alpha value is -2.41. The van der Waals surface area contributed by atoms with Gasteiger partial charge in [-0.05, 0) is 49.9 Å². The Kier molecular flexibility index (Phi) is 6.37. The smallest absolute Gasteiger partial charge is 0.123 e. The van der Waals surface area contributed by atoms with Gasteiger partial charge in [0.1, 0.15) is 11.6 Å². The van der Waals surface area contributed by atoms with Crippen molar-refractivity contribution in [3.8, 4) is 5.75 Å². The Labute approximate surface area is 178 Å². The molecule has 6 nitrogen and oxygen atoms in total. The van der Waals surface area contributed by atoms with Crippen molar-refractivity contribution in [2.24, 2.45) is 7.05 Å². The number of ether oxygens (including phenoxy) is 1. The first-order valence-corrected chi connectivity index (χ1v) is 10.7. The van der Waals surface area contributed by atoms with E-state index in [-0.39, 0.29) is 12.1 Å². The van der Waals surface area contributed by atoms with Crippen LogP contribution in [0.3, 0.4) is 0 Å². The van der Waals surface area contributed by atoms with Crippen LogP contribution in [0.2, 0.25) is 0 Å². The molecule has 1 aliphatic rings. The predicted octanol–water partition coefficient (Wildman–Crippen LogP) is 3.05. The number of hydrogen-bond acceptors (Lipinski definition) is 5. The highest BCUT2D eigenvalue weighted by molar-refractivity contribution is 5.76. The Bertz CT molecular complexity index is 1000. The zero-order chi connectivity index (χ0) is 21.1. The molecule has 0 unspecified atom stereocenters. The van der Waals surface area contributed by atoms with Crippen molar-refractivity contribution < 1.29 is 9.84 Å². The number of aromatic nitrogens is 2. The molecular weight excluding hydrogens is 376 g/mol. The van der Waals surface area contributed by atoms with E-state index in [1.165, 1.54) is 5.56 Å². The maximum absolute atomic E-state index is 10.7. The van der Waals surface area contributed by atoms with Crippen LogP contribution in [0.5, 0.6) is 5.75 Å². The molecule has 0 spiro atoms. The molecule has 1 fully saturated rings. The normalized spacial score (nSPS) is 21.8. The number of hydrogen-bond donors (Lipinski definition) is 3. The Morgan fingerprint density at radius 1 is 1.13 bits per heavy atom. The summed E-state index contributed by atoms with van der Waals surface area (Å²) >= 11 is 0. The van der Waals surface area contributed by atoms with Crippen LogP contribution < -0.4 is 15.4 Å². The summed E-state index contributed by atoms with van der Waals surface area (Å²) in [7, 11) is 3.74. The van der Waals surface area contributed by atoms with Crippen molar-refractivity contribution in [2.45, 2.75) is 57.5 Å². The van der Waals surface area contributed by atoms with E-state index in [2.05, 4.69) is 44.5 Å². The van der Waals surface area contributed by atoms with Crippen LogP contribution in [0, 0.1) is 6.92 Å². The second-order valence-corrected chi connectivity index (χ2v) is 8.30. The maximum atomic E-state index is 10.7. The van der Waals surface area contributed by atoms with Crippen LogP contribution in [0.25, 0.3) is 11.0 Å². The van der Waals surface area contributed by atoms with Crippen LogP contribution in [0.15, 0.2) is 42.5 Å². The van der Waals surface area contributed by atoms with E-state index in [4.69, 9.17) is 4.74 Å². The fourth-order valence-electron chi connectivity index (χ4n) is 4.40. The standard InChI is InChI=1S/C24H32N4O2/c1-16-27-21-12-17(8-11-22(21)28(16)2)14-26-20-10-9-19(13-23(20)29)25-15-18-6-4-5-7-24(18)30-3/h4-8,11-12,19-20,23,25-26,29H,9-10,13-15H2,1-3H3/t19-,20-,23+/m1/s1. The number of imidazole rings is 1. The molecule has 160 valence electrons.